The average Bonchev–Trinajstić information content (AvgIpc) is 3.01. The molecule has 0 aliphatic rings. The highest BCUT2D eigenvalue weighted by Gasteiger charge is 2.31. The molecule has 0 saturated carbocycles. The van der Waals surface area contributed by atoms with Gasteiger partial charge in [0.25, 0.3) is 12.3 Å². The van der Waals surface area contributed by atoms with Gasteiger partial charge in [0.1, 0.15) is 18.0 Å². The van der Waals surface area contributed by atoms with Gasteiger partial charge in [-0.2, -0.15) is 5.10 Å². The van der Waals surface area contributed by atoms with Gasteiger partial charge in [0, 0.05) is 5.56 Å². The van der Waals surface area contributed by atoms with Crippen LogP contribution in [0, 0.1) is 17.0 Å². The predicted molar refractivity (Wildman–Crippen MR) is 96.5 cm³/mol. The number of hydrogen-bond acceptors (Lipinski definition) is 8. The van der Waals surface area contributed by atoms with E-state index in [-0.39, 0.29) is 18.1 Å². The fraction of sp³-hybridized carbons (Fsp3) is 0.250. The first-order chi connectivity index (χ1) is 14.1. The fourth-order valence-electron chi connectivity index (χ4n) is 2.27. The molecule has 1 aromatic carbocycles. The Morgan fingerprint density at radius 1 is 1.30 bits per heavy atom. The van der Waals surface area contributed by atoms with E-state index in [1.54, 1.807) is 0 Å². The van der Waals surface area contributed by atoms with Crippen LogP contribution in [0.5, 0.6) is 5.75 Å². The van der Waals surface area contributed by atoms with Gasteiger partial charge in [0.15, 0.2) is 12.4 Å². The summed E-state index contributed by atoms with van der Waals surface area (Å²) >= 11 is 0. The molecule has 4 N–H and O–H groups in total. The summed E-state index contributed by atoms with van der Waals surface area (Å²) in [6.07, 6.45) is -3.19. The number of nitrogens with two attached hydrogens (primary N) is 2. The third-order valence-electron chi connectivity index (χ3n) is 3.65. The number of nitrogens with zero attached hydrogens (tertiary/aromatic N) is 4. The fourth-order valence-corrected chi connectivity index (χ4v) is 2.27. The van der Waals surface area contributed by atoms with E-state index >= 15 is 0 Å². The third kappa shape index (κ3) is 5.46. The zero-order chi connectivity index (χ0) is 22.4. The molecule has 0 spiro atoms. The van der Waals surface area contributed by atoms with Gasteiger partial charge in [0.2, 0.25) is 5.69 Å². The molecule has 0 saturated heterocycles. The second kappa shape index (κ2) is 9.40. The number of amides is 1. The Morgan fingerprint density at radius 2 is 1.93 bits per heavy atom. The molecular weight excluding hydrogens is 410 g/mol. The molecule has 1 amide bonds. The number of rotatable bonds is 9. The van der Waals surface area contributed by atoms with Crippen molar-refractivity contribution in [3.63, 3.8) is 0 Å². The van der Waals surface area contributed by atoms with Crippen molar-refractivity contribution in [2.45, 2.75) is 19.9 Å². The summed E-state index contributed by atoms with van der Waals surface area (Å²) in [7, 11) is 0. The first kappa shape index (κ1) is 22.2. The van der Waals surface area contributed by atoms with Crippen molar-refractivity contribution < 1.29 is 32.9 Å². The quantitative estimate of drug-likeness (QED) is 0.194. The second-order valence-electron chi connectivity index (χ2n) is 5.75. The van der Waals surface area contributed by atoms with Crippen LogP contribution in [0.2, 0.25) is 0 Å². The average molecular weight is 426 g/mol. The molecular formula is C16H16F2N6O6. The molecule has 0 aliphatic carbocycles. The largest absolute Gasteiger partial charge is 0.484 e. The molecule has 2 rings (SSSR count). The first-order valence-corrected chi connectivity index (χ1v) is 8.14. The maximum atomic E-state index is 12.9. The number of primary amides is 1. The Morgan fingerprint density at radius 3 is 2.43 bits per heavy atom. The Bertz CT molecular complexity index is 989. The summed E-state index contributed by atoms with van der Waals surface area (Å²) < 4.78 is 31.6. The van der Waals surface area contributed by atoms with Crippen molar-refractivity contribution in [2.24, 2.45) is 16.6 Å². The lowest BCUT2D eigenvalue weighted by atomic mass is 10.2. The van der Waals surface area contributed by atoms with E-state index < -0.39 is 41.2 Å². The van der Waals surface area contributed by atoms with Gasteiger partial charge in [-0.1, -0.05) is 5.16 Å². The smallest absolute Gasteiger partial charge is 0.356 e. The molecule has 160 valence electrons. The van der Waals surface area contributed by atoms with Crippen molar-refractivity contribution in [1.29, 1.82) is 0 Å². The zero-order valence-corrected chi connectivity index (χ0v) is 15.4. The van der Waals surface area contributed by atoms with E-state index in [0.717, 1.165) is 4.68 Å². The lowest BCUT2D eigenvalue weighted by Crippen LogP contribution is -2.20. The van der Waals surface area contributed by atoms with E-state index in [4.69, 9.17) is 16.2 Å². The number of carbonyl (C=O) groups is 2. The minimum atomic E-state index is -3.19. The number of alkyl halides is 2. The molecule has 1 aromatic heterocycles. The Balaban J connectivity index is 2.04. The lowest BCUT2D eigenvalue weighted by Gasteiger charge is -2.05. The number of halogens is 2. The van der Waals surface area contributed by atoms with E-state index in [1.807, 2.05) is 0 Å². The van der Waals surface area contributed by atoms with Crippen LogP contribution in [0.1, 0.15) is 23.4 Å². The van der Waals surface area contributed by atoms with Crippen LogP contribution in [-0.2, 0) is 21.0 Å². The monoisotopic (exact) mass is 426 g/mol. The van der Waals surface area contributed by atoms with E-state index in [0.29, 0.717) is 11.3 Å². The van der Waals surface area contributed by atoms with Crippen LogP contribution < -0.4 is 16.2 Å². The number of benzene rings is 1. The van der Waals surface area contributed by atoms with Crippen LogP contribution in [0.3, 0.4) is 0 Å². The molecule has 2 aromatic rings. The maximum absolute atomic E-state index is 12.9. The van der Waals surface area contributed by atoms with Crippen molar-refractivity contribution in [1.82, 2.24) is 9.78 Å². The molecule has 0 bridgehead atoms. The summed E-state index contributed by atoms with van der Waals surface area (Å²) in [6.45, 7) is 0.165. The summed E-state index contributed by atoms with van der Waals surface area (Å²) in [6, 6.07) is 5.89. The van der Waals surface area contributed by atoms with Crippen LogP contribution in [0.25, 0.3) is 0 Å². The van der Waals surface area contributed by atoms with Gasteiger partial charge in [-0.3, -0.25) is 19.6 Å². The van der Waals surface area contributed by atoms with Gasteiger partial charge in [0.05, 0.1) is 4.92 Å². The van der Waals surface area contributed by atoms with Gasteiger partial charge in [-0.25, -0.2) is 13.6 Å². The lowest BCUT2D eigenvalue weighted by molar-refractivity contribution is -0.386. The number of aromatic nitrogens is 2. The van der Waals surface area contributed by atoms with Crippen LogP contribution in [-0.4, -0.2) is 39.0 Å². The molecule has 0 fully saturated rings. The molecule has 12 nitrogen and oxygen atoms in total. The number of amidine groups is 1. The van der Waals surface area contributed by atoms with Gasteiger partial charge in [-0.05, 0) is 31.2 Å². The summed E-state index contributed by atoms with van der Waals surface area (Å²) in [5.74, 6) is -1.54. The van der Waals surface area contributed by atoms with E-state index in [2.05, 4.69) is 15.1 Å². The number of carbonyl (C=O) groups excluding carboxylic acids is 2. The first-order valence-electron chi connectivity index (χ1n) is 8.14. The SMILES string of the molecule is Cc1c([N+](=O)[O-])c(C(F)F)nn1CC(=O)O/N=C(\N)c1ccc(OCC(N)=O)cc1. The maximum Gasteiger partial charge on any atom is 0.356 e. The Kier molecular flexibility index (Phi) is 6.95. The summed E-state index contributed by atoms with van der Waals surface area (Å²) in [5, 5.41) is 17.8. The highest BCUT2D eigenvalue weighted by atomic mass is 19.3. The Hall–Kier alpha value is -4.10. The normalized spacial score (nSPS) is 11.4. The van der Waals surface area contributed by atoms with Crippen LogP contribution in [0.4, 0.5) is 14.5 Å². The number of nitro groups is 1. The van der Waals surface area contributed by atoms with Crippen LogP contribution in [0.15, 0.2) is 29.4 Å². The minimum Gasteiger partial charge on any atom is -0.484 e. The number of ether oxygens (including phenoxy) is 1. The topological polar surface area (TPSA) is 178 Å². The minimum absolute atomic E-state index is 0.193. The molecule has 0 unspecified atom stereocenters. The van der Waals surface area contributed by atoms with Crippen molar-refractivity contribution in [3.8, 4) is 5.75 Å². The molecule has 0 aliphatic heterocycles. The standard InChI is InChI=1S/C16H16F2N6O6/c1-8-14(24(27)28)13(15(17)18)21-23(8)6-12(26)30-22-16(20)9-2-4-10(5-3-9)29-7-11(19)25/h2-5,15H,6-7H2,1H3,(H2,19,25)(H2,20,22). The molecule has 1 heterocycles. The highest BCUT2D eigenvalue weighted by molar-refractivity contribution is 5.97. The van der Waals surface area contributed by atoms with Crippen LogP contribution >= 0.6 is 0 Å². The van der Waals surface area contributed by atoms with E-state index in [1.165, 1.54) is 31.2 Å². The molecule has 30 heavy (non-hydrogen) atoms. The van der Waals surface area contributed by atoms with Gasteiger partial charge < -0.3 is 21.0 Å². The molecule has 0 radical (unpaired) electrons. The van der Waals surface area contributed by atoms with E-state index in [9.17, 15) is 28.5 Å². The zero-order valence-electron chi connectivity index (χ0n) is 15.4. The van der Waals surface area contributed by atoms with Crippen molar-refractivity contribution in [3.05, 3.63) is 51.3 Å². The van der Waals surface area contributed by atoms with Gasteiger partial charge >= 0.3 is 11.7 Å². The van der Waals surface area contributed by atoms with Gasteiger partial charge in [-0.15, -0.1) is 0 Å². The highest BCUT2D eigenvalue weighted by Crippen LogP contribution is 2.30. The molecule has 14 heteroatoms. The summed E-state index contributed by atoms with van der Waals surface area (Å²) in [5.41, 5.74) is 8.84. The van der Waals surface area contributed by atoms with Crippen molar-refractivity contribution >= 4 is 23.4 Å². The number of oxime groups is 1. The summed E-state index contributed by atoms with van der Waals surface area (Å²) in [4.78, 5) is 37.1. The second-order valence-corrected chi connectivity index (χ2v) is 5.75. The third-order valence-corrected chi connectivity index (χ3v) is 3.65. The van der Waals surface area contributed by atoms with Crippen molar-refractivity contribution in [2.75, 3.05) is 6.61 Å². The predicted octanol–water partition coefficient (Wildman–Crippen LogP) is 0.765. The molecule has 0 atom stereocenters. The number of hydrogen-bond donors (Lipinski definition) is 2. The Labute approximate surface area is 167 Å².